The first-order valence-electron chi connectivity index (χ1n) is 6.18. The second-order valence-electron chi connectivity index (χ2n) is 4.98. The average molecular weight is 287 g/mol. The summed E-state index contributed by atoms with van der Waals surface area (Å²) in [5.74, 6) is -0.405. The molecule has 1 aromatic carbocycles. The summed E-state index contributed by atoms with van der Waals surface area (Å²) in [5, 5.41) is -0.297. The van der Waals surface area contributed by atoms with Gasteiger partial charge >= 0.3 is 0 Å². The van der Waals surface area contributed by atoms with Crippen LogP contribution in [0.2, 0.25) is 0 Å². The first-order valence-corrected chi connectivity index (χ1v) is 7.72. The Balaban J connectivity index is 2.16. The van der Waals surface area contributed by atoms with Crippen LogP contribution in [0.3, 0.4) is 0 Å². The Morgan fingerprint density at radius 1 is 1.42 bits per heavy atom. The Morgan fingerprint density at radius 3 is 2.58 bits per heavy atom. The molecule has 1 aliphatic rings. The van der Waals surface area contributed by atoms with Gasteiger partial charge in [0.2, 0.25) is 10.0 Å². The molecule has 0 aromatic heterocycles. The van der Waals surface area contributed by atoms with E-state index in [9.17, 15) is 12.8 Å². The van der Waals surface area contributed by atoms with Crippen LogP contribution in [0.5, 0.6) is 0 Å². The third kappa shape index (κ3) is 3.13. The van der Waals surface area contributed by atoms with Crippen molar-refractivity contribution in [3.8, 4) is 0 Å². The highest BCUT2D eigenvalue weighted by Crippen LogP contribution is 2.30. The highest BCUT2D eigenvalue weighted by Gasteiger charge is 2.38. The highest BCUT2D eigenvalue weighted by atomic mass is 32.2. The summed E-state index contributed by atoms with van der Waals surface area (Å²) >= 11 is 0. The average Bonchev–Trinajstić information content (AvgIpc) is 3.21. The normalized spacial score (nSPS) is 19.1. The van der Waals surface area contributed by atoms with Gasteiger partial charge in [-0.1, -0.05) is 18.2 Å². The van der Waals surface area contributed by atoms with Crippen LogP contribution in [0.15, 0.2) is 24.3 Å². The van der Waals surface area contributed by atoms with E-state index in [1.807, 2.05) is 0 Å². The van der Waals surface area contributed by atoms with E-state index in [2.05, 4.69) is 4.72 Å². The zero-order valence-corrected chi connectivity index (χ0v) is 11.8. The lowest BCUT2D eigenvalue weighted by molar-refractivity contribution is 0.00410. The van der Waals surface area contributed by atoms with Gasteiger partial charge in [-0.05, 0) is 25.8 Å². The smallest absolute Gasteiger partial charge is 0.214 e. The number of rotatable bonds is 6. The fraction of sp³-hybridized carbons (Fsp3) is 0.538. The van der Waals surface area contributed by atoms with Crippen LogP contribution in [0.25, 0.3) is 0 Å². The van der Waals surface area contributed by atoms with E-state index in [-0.39, 0.29) is 11.8 Å². The molecule has 1 atom stereocenters. The van der Waals surface area contributed by atoms with Crippen LogP contribution in [-0.4, -0.2) is 27.3 Å². The predicted molar refractivity (Wildman–Crippen MR) is 70.7 cm³/mol. The molecule has 19 heavy (non-hydrogen) atoms. The number of ether oxygens (including phenoxy) is 1. The zero-order chi connectivity index (χ0) is 14.1. The van der Waals surface area contributed by atoms with Crippen LogP contribution >= 0.6 is 0 Å². The maximum absolute atomic E-state index is 13.8. The lowest BCUT2D eigenvalue weighted by Gasteiger charge is -2.29. The number of halogens is 1. The molecule has 0 amide bonds. The van der Waals surface area contributed by atoms with Gasteiger partial charge in [0.05, 0.1) is 5.25 Å². The summed E-state index contributed by atoms with van der Waals surface area (Å²) in [4.78, 5) is 0. The number of hydrogen-bond acceptors (Lipinski definition) is 3. The van der Waals surface area contributed by atoms with E-state index < -0.39 is 21.4 Å². The van der Waals surface area contributed by atoms with E-state index in [4.69, 9.17) is 4.74 Å². The van der Waals surface area contributed by atoms with Gasteiger partial charge in [-0.25, -0.2) is 17.5 Å². The molecule has 0 unspecified atom stereocenters. The fourth-order valence-corrected chi connectivity index (χ4v) is 3.37. The van der Waals surface area contributed by atoms with Gasteiger partial charge in [-0.2, -0.15) is 0 Å². The molecular formula is C13H18FNO3S. The van der Waals surface area contributed by atoms with Crippen molar-refractivity contribution < 1.29 is 17.5 Å². The Bertz CT molecular complexity index is 557. The maximum atomic E-state index is 13.8. The van der Waals surface area contributed by atoms with Crippen molar-refractivity contribution in [2.75, 3.05) is 13.7 Å². The first-order chi connectivity index (χ1) is 8.89. The quantitative estimate of drug-likeness (QED) is 0.867. The van der Waals surface area contributed by atoms with Crippen molar-refractivity contribution in [2.24, 2.45) is 0 Å². The van der Waals surface area contributed by atoms with E-state index in [1.165, 1.54) is 13.2 Å². The van der Waals surface area contributed by atoms with Crippen LogP contribution in [0, 0.1) is 5.82 Å². The first kappa shape index (κ1) is 14.4. The van der Waals surface area contributed by atoms with Crippen LogP contribution in [0.4, 0.5) is 4.39 Å². The van der Waals surface area contributed by atoms with Crippen molar-refractivity contribution in [2.45, 2.75) is 30.6 Å². The van der Waals surface area contributed by atoms with Crippen LogP contribution in [0.1, 0.15) is 25.3 Å². The minimum absolute atomic E-state index is 0.0171. The van der Waals surface area contributed by atoms with Gasteiger partial charge in [0.1, 0.15) is 11.4 Å². The Morgan fingerprint density at radius 2 is 2.05 bits per heavy atom. The summed E-state index contributed by atoms with van der Waals surface area (Å²) in [5.41, 5.74) is -0.677. The molecule has 1 N–H and O–H groups in total. The molecule has 0 saturated heterocycles. The molecule has 106 valence electrons. The SMILES string of the molecule is CO[C@@](C)(CNS(=O)(=O)C1CC1)c1ccccc1F. The molecule has 0 spiro atoms. The molecule has 1 aliphatic carbocycles. The summed E-state index contributed by atoms with van der Waals surface area (Å²) in [6.45, 7) is 1.68. The van der Waals surface area contributed by atoms with Crippen molar-refractivity contribution in [3.63, 3.8) is 0 Å². The summed E-state index contributed by atoms with van der Waals surface area (Å²) in [7, 11) is -1.86. The molecular weight excluding hydrogens is 269 g/mol. The molecule has 0 bridgehead atoms. The van der Waals surface area contributed by atoms with Crippen molar-refractivity contribution in [1.29, 1.82) is 0 Å². The lowest BCUT2D eigenvalue weighted by atomic mass is 9.95. The molecule has 4 nitrogen and oxygen atoms in total. The monoisotopic (exact) mass is 287 g/mol. The number of methoxy groups -OCH3 is 1. The largest absolute Gasteiger partial charge is 0.372 e. The van der Waals surface area contributed by atoms with Gasteiger partial charge in [0.25, 0.3) is 0 Å². The van der Waals surface area contributed by atoms with Crippen molar-refractivity contribution >= 4 is 10.0 Å². The summed E-state index contributed by atoms with van der Waals surface area (Å²) in [6.07, 6.45) is 1.39. The third-order valence-corrected chi connectivity index (χ3v) is 5.36. The predicted octanol–water partition coefficient (Wildman–Crippen LogP) is 1.77. The van der Waals surface area contributed by atoms with Gasteiger partial charge in [0, 0.05) is 19.2 Å². The van der Waals surface area contributed by atoms with Gasteiger partial charge in [-0.3, -0.25) is 0 Å². The Hall–Kier alpha value is -0.980. The molecule has 0 radical (unpaired) electrons. The lowest BCUT2D eigenvalue weighted by Crippen LogP contribution is -2.41. The second kappa shape index (κ2) is 5.19. The molecule has 6 heteroatoms. The van der Waals surface area contributed by atoms with Crippen molar-refractivity contribution in [1.82, 2.24) is 4.72 Å². The molecule has 1 saturated carbocycles. The molecule has 1 fully saturated rings. The molecule has 2 rings (SSSR count). The second-order valence-corrected chi connectivity index (χ2v) is 7.03. The Labute approximate surface area is 113 Å². The standard InChI is InChI=1S/C13H18FNO3S/c1-13(18-2,11-5-3-4-6-12(11)14)9-15-19(16,17)10-7-8-10/h3-6,10,15H,7-9H2,1-2H3/t13-/m0/s1. The number of sulfonamides is 1. The molecule has 0 heterocycles. The Kier molecular flexibility index (Phi) is 3.94. The number of benzene rings is 1. The highest BCUT2D eigenvalue weighted by molar-refractivity contribution is 7.90. The topological polar surface area (TPSA) is 55.4 Å². The summed E-state index contributed by atoms with van der Waals surface area (Å²) in [6, 6.07) is 6.22. The van der Waals surface area contributed by atoms with Crippen LogP contribution in [-0.2, 0) is 20.4 Å². The third-order valence-electron chi connectivity index (χ3n) is 3.47. The van der Waals surface area contributed by atoms with E-state index in [0.29, 0.717) is 18.4 Å². The minimum atomic E-state index is -3.30. The van der Waals surface area contributed by atoms with E-state index >= 15 is 0 Å². The van der Waals surface area contributed by atoms with E-state index in [1.54, 1.807) is 25.1 Å². The zero-order valence-electron chi connectivity index (χ0n) is 11.0. The summed E-state index contributed by atoms with van der Waals surface area (Å²) < 4.78 is 45.3. The molecule has 0 aliphatic heterocycles. The minimum Gasteiger partial charge on any atom is -0.372 e. The van der Waals surface area contributed by atoms with Gasteiger partial charge in [-0.15, -0.1) is 0 Å². The molecule has 1 aromatic rings. The fourth-order valence-electron chi connectivity index (χ4n) is 1.90. The van der Waals surface area contributed by atoms with E-state index in [0.717, 1.165) is 0 Å². The van der Waals surface area contributed by atoms with Gasteiger partial charge in [0.15, 0.2) is 0 Å². The van der Waals surface area contributed by atoms with Crippen LogP contribution < -0.4 is 4.72 Å². The maximum Gasteiger partial charge on any atom is 0.214 e. The van der Waals surface area contributed by atoms with Crippen molar-refractivity contribution in [3.05, 3.63) is 35.6 Å². The van der Waals surface area contributed by atoms with Gasteiger partial charge < -0.3 is 4.74 Å². The number of hydrogen-bond donors (Lipinski definition) is 1. The number of nitrogens with one attached hydrogen (secondary N) is 1.